The first-order valence-electron chi connectivity index (χ1n) is 10.5. The van der Waals surface area contributed by atoms with Gasteiger partial charge < -0.3 is 27.0 Å². The Morgan fingerprint density at radius 3 is 2.59 bits per heavy atom. The van der Waals surface area contributed by atoms with Crippen molar-refractivity contribution in [2.24, 2.45) is 10.7 Å². The lowest BCUT2D eigenvalue weighted by Gasteiger charge is -2.32. The van der Waals surface area contributed by atoms with E-state index in [1.165, 1.54) is 36.0 Å². The number of hydrogen-bond donors (Lipinski definition) is 5. The molecular formula is C23H29ClN6OS. The van der Waals surface area contributed by atoms with Crippen molar-refractivity contribution < 1.29 is 4.79 Å². The van der Waals surface area contributed by atoms with Gasteiger partial charge in [-0.15, -0.1) is 11.3 Å². The summed E-state index contributed by atoms with van der Waals surface area (Å²) in [6.45, 7) is 2.11. The molecule has 7 nitrogen and oxygen atoms in total. The van der Waals surface area contributed by atoms with Crippen LogP contribution in [0, 0.1) is 0 Å². The van der Waals surface area contributed by atoms with Crippen LogP contribution in [0.4, 0.5) is 10.7 Å². The number of nitrogens with one attached hydrogen (secondary N) is 4. The van der Waals surface area contributed by atoms with Crippen LogP contribution < -0.4 is 27.0 Å². The molecule has 32 heavy (non-hydrogen) atoms. The van der Waals surface area contributed by atoms with Crippen molar-refractivity contribution in [1.29, 1.82) is 0 Å². The predicted molar refractivity (Wildman–Crippen MR) is 136 cm³/mol. The number of benzene rings is 1. The fourth-order valence-corrected chi connectivity index (χ4v) is 4.14. The number of amides is 1. The monoisotopic (exact) mass is 472 g/mol. The van der Waals surface area contributed by atoms with E-state index in [2.05, 4.69) is 38.4 Å². The zero-order valence-corrected chi connectivity index (χ0v) is 19.6. The number of nitrogens with two attached hydrogens (primary N) is 1. The summed E-state index contributed by atoms with van der Waals surface area (Å²) in [5.74, 6) is 0. The molecule has 2 aliphatic rings. The molecule has 9 heteroatoms. The standard InChI is InChI=1S/C16H23N5S.C7H6ClNO/c1-18-12(7-17)10-20-15-6-5-14(22-15)16(11-3-2-4-11)21-13-8-19-9-13;8-6-3-1-2-4-7(6)9-5-10/h5-7,10,13,18-19,21H,2-4,8-9,17H2,1H3;1-5H,(H,9,10)/b12-7+,20-10+;. The van der Waals surface area contributed by atoms with E-state index in [4.69, 9.17) is 17.3 Å². The van der Waals surface area contributed by atoms with Crippen LogP contribution in [-0.2, 0) is 4.79 Å². The van der Waals surface area contributed by atoms with Crippen molar-refractivity contribution in [3.05, 3.63) is 63.8 Å². The van der Waals surface area contributed by atoms with Gasteiger partial charge in [-0.05, 0) is 49.1 Å². The summed E-state index contributed by atoms with van der Waals surface area (Å²) in [6.07, 6.45) is 7.63. The molecule has 1 aromatic carbocycles. The van der Waals surface area contributed by atoms with Crippen molar-refractivity contribution in [1.82, 2.24) is 16.0 Å². The summed E-state index contributed by atoms with van der Waals surface area (Å²) in [4.78, 5) is 15.7. The summed E-state index contributed by atoms with van der Waals surface area (Å²) in [5, 5.41) is 14.0. The molecule has 1 aromatic heterocycles. The van der Waals surface area contributed by atoms with Crippen LogP contribution in [-0.4, -0.2) is 38.8 Å². The number of carbonyl (C=O) groups excluding carboxylic acids is 1. The molecule has 0 radical (unpaired) electrons. The fraction of sp³-hybridized carbons (Fsp3) is 0.304. The van der Waals surface area contributed by atoms with Crippen molar-refractivity contribution >= 4 is 51.9 Å². The third-order valence-electron chi connectivity index (χ3n) is 5.17. The number of aliphatic imine (C=N–C) groups is 1. The number of rotatable bonds is 8. The first kappa shape index (κ1) is 23.8. The average Bonchev–Trinajstić information content (AvgIpc) is 3.20. The van der Waals surface area contributed by atoms with Crippen LogP contribution in [0.25, 0.3) is 5.70 Å². The third kappa shape index (κ3) is 6.59. The Hall–Kier alpha value is -2.81. The molecule has 0 unspecified atom stereocenters. The van der Waals surface area contributed by atoms with Crippen LogP contribution >= 0.6 is 22.9 Å². The number of anilines is 1. The molecule has 1 aliphatic carbocycles. The average molecular weight is 473 g/mol. The molecule has 1 saturated heterocycles. The highest BCUT2D eigenvalue weighted by atomic mass is 35.5. The maximum absolute atomic E-state index is 9.96. The van der Waals surface area contributed by atoms with Crippen LogP contribution in [0.1, 0.15) is 24.1 Å². The minimum atomic E-state index is 0.551. The van der Waals surface area contributed by atoms with Gasteiger partial charge in [0, 0.05) is 26.3 Å². The van der Waals surface area contributed by atoms with Gasteiger partial charge in [0.25, 0.3) is 0 Å². The van der Waals surface area contributed by atoms with Gasteiger partial charge in [-0.2, -0.15) is 0 Å². The molecule has 2 heterocycles. The molecule has 0 atom stereocenters. The summed E-state index contributed by atoms with van der Waals surface area (Å²) in [5.41, 5.74) is 9.85. The van der Waals surface area contributed by atoms with Crippen molar-refractivity contribution in [2.75, 3.05) is 25.5 Å². The number of halogens is 1. The molecule has 1 aliphatic heterocycles. The zero-order valence-electron chi connectivity index (χ0n) is 18.0. The second-order valence-corrected chi connectivity index (χ2v) is 8.81. The van der Waals surface area contributed by atoms with Crippen LogP contribution in [0.3, 0.4) is 0 Å². The van der Waals surface area contributed by atoms with Gasteiger partial charge in [-0.3, -0.25) is 4.79 Å². The molecule has 2 fully saturated rings. The normalized spacial score (nSPS) is 15.8. The molecular weight excluding hydrogens is 444 g/mol. The lowest BCUT2D eigenvalue weighted by molar-refractivity contribution is -0.105. The number of carbonyl (C=O) groups is 1. The third-order valence-corrected chi connectivity index (χ3v) is 6.51. The van der Waals surface area contributed by atoms with Crippen LogP contribution in [0.5, 0.6) is 0 Å². The van der Waals surface area contributed by atoms with Crippen LogP contribution in [0.2, 0.25) is 5.02 Å². The molecule has 170 valence electrons. The minimum Gasteiger partial charge on any atom is -0.403 e. The van der Waals surface area contributed by atoms with E-state index in [-0.39, 0.29) is 0 Å². The van der Waals surface area contributed by atoms with Crippen molar-refractivity contribution in [3.8, 4) is 0 Å². The smallest absolute Gasteiger partial charge is 0.211 e. The SMILES string of the molecule is CNC(/C=N/c1ccc(C(NC2CNC2)=C2CCC2)s1)=C/N.O=CNc1ccccc1Cl. The van der Waals surface area contributed by atoms with Gasteiger partial charge in [-0.25, -0.2) is 4.99 Å². The van der Waals surface area contributed by atoms with Gasteiger partial charge in [-0.1, -0.05) is 23.7 Å². The van der Waals surface area contributed by atoms with E-state index in [9.17, 15) is 4.79 Å². The lowest BCUT2D eigenvalue weighted by Crippen LogP contribution is -2.54. The Bertz CT molecular complexity index is 990. The Labute approximate surface area is 197 Å². The Morgan fingerprint density at radius 2 is 2.03 bits per heavy atom. The summed E-state index contributed by atoms with van der Waals surface area (Å²) < 4.78 is 0. The highest BCUT2D eigenvalue weighted by Crippen LogP contribution is 2.37. The minimum absolute atomic E-state index is 0.551. The van der Waals surface area contributed by atoms with E-state index >= 15 is 0 Å². The predicted octanol–water partition coefficient (Wildman–Crippen LogP) is 3.83. The summed E-state index contributed by atoms with van der Waals surface area (Å²) >= 11 is 7.41. The highest BCUT2D eigenvalue weighted by Gasteiger charge is 2.23. The maximum atomic E-state index is 9.96. The maximum Gasteiger partial charge on any atom is 0.211 e. The molecule has 6 N–H and O–H groups in total. The summed E-state index contributed by atoms with van der Waals surface area (Å²) in [7, 11) is 1.83. The molecule has 0 spiro atoms. The Morgan fingerprint density at radius 1 is 1.25 bits per heavy atom. The number of hydrogen-bond acceptors (Lipinski definition) is 7. The quantitative estimate of drug-likeness (QED) is 0.296. The number of para-hydroxylation sites is 1. The van der Waals surface area contributed by atoms with Crippen LogP contribution in [0.15, 0.2) is 58.9 Å². The Kier molecular flexibility index (Phi) is 9.15. The Balaban J connectivity index is 0.000000243. The van der Waals surface area contributed by atoms with Gasteiger partial charge in [0.1, 0.15) is 5.00 Å². The van der Waals surface area contributed by atoms with E-state index < -0.39 is 0 Å². The van der Waals surface area contributed by atoms with E-state index in [0.29, 0.717) is 23.2 Å². The molecule has 0 bridgehead atoms. The molecule has 1 saturated carbocycles. The number of allylic oxidation sites excluding steroid dienone is 2. The largest absolute Gasteiger partial charge is 0.403 e. The van der Waals surface area contributed by atoms with E-state index in [0.717, 1.165) is 23.8 Å². The highest BCUT2D eigenvalue weighted by molar-refractivity contribution is 7.16. The first-order chi connectivity index (χ1) is 15.6. The van der Waals surface area contributed by atoms with Gasteiger partial charge in [0.2, 0.25) is 6.41 Å². The van der Waals surface area contributed by atoms with Gasteiger partial charge in [0.05, 0.1) is 39.2 Å². The zero-order chi connectivity index (χ0) is 22.8. The lowest BCUT2D eigenvalue weighted by atomic mass is 9.89. The number of nitrogens with zero attached hydrogens (tertiary/aromatic N) is 1. The molecule has 1 amide bonds. The van der Waals surface area contributed by atoms with E-state index in [1.54, 1.807) is 47.4 Å². The topological polar surface area (TPSA) is 104 Å². The van der Waals surface area contributed by atoms with Crippen molar-refractivity contribution in [2.45, 2.75) is 25.3 Å². The van der Waals surface area contributed by atoms with E-state index in [1.807, 2.05) is 7.05 Å². The van der Waals surface area contributed by atoms with Gasteiger partial charge >= 0.3 is 0 Å². The molecule has 4 rings (SSSR count). The number of thiophene rings is 1. The van der Waals surface area contributed by atoms with Gasteiger partial charge in [0.15, 0.2) is 0 Å². The second-order valence-electron chi connectivity index (χ2n) is 7.34. The second kappa shape index (κ2) is 12.3. The first-order valence-corrected chi connectivity index (χ1v) is 11.7. The fourth-order valence-electron chi connectivity index (χ4n) is 3.04. The molecule has 2 aromatic rings. The summed E-state index contributed by atoms with van der Waals surface area (Å²) in [6, 6.07) is 11.9. The van der Waals surface area contributed by atoms with Crippen molar-refractivity contribution in [3.63, 3.8) is 0 Å².